The van der Waals surface area contributed by atoms with E-state index in [2.05, 4.69) is 28.2 Å². The molecule has 9 unspecified atom stereocenters. The second-order valence-electron chi connectivity index (χ2n) is 10.4. The first-order valence-electron chi connectivity index (χ1n) is 12.6. The van der Waals surface area contributed by atoms with Gasteiger partial charge in [-0.15, -0.1) is 11.8 Å². The Kier molecular flexibility index (Phi) is 7.49. The minimum Gasteiger partial charge on any atom is -0.381 e. The van der Waals surface area contributed by atoms with Crippen molar-refractivity contribution in [3.8, 4) is 0 Å². The Labute approximate surface area is 200 Å². The van der Waals surface area contributed by atoms with Gasteiger partial charge in [-0.2, -0.15) is 0 Å². The van der Waals surface area contributed by atoms with E-state index in [0.29, 0.717) is 49.6 Å². The SMILES string of the molecule is COC1CCCCC1C1CC(C)NCC1C(=O)NC1NC2CN(C(=O)C3COCN3)CC2S1. The van der Waals surface area contributed by atoms with E-state index in [1.54, 1.807) is 11.8 Å². The maximum atomic E-state index is 13.4. The lowest BCUT2D eigenvalue weighted by atomic mass is 9.68. The van der Waals surface area contributed by atoms with Crippen LogP contribution < -0.4 is 21.3 Å². The van der Waals surface area contributed by atoms with Gasteiger partial charge in [-0.1, -0.05) is 12.8 Å². The van der Waals surface area contributed by atoms with E-state index in [1.165, 1.54) is 12.8 Å². The number of carbonyl (C=O) groups excluding carboxylic acids is 2. The van der Waals surface area contributed by atoms with Crippen molar-refractivity contribution < 1.29 is 19.1 Å². The lowest BCUT2D eigenvalue weighted by molar-refractivity contribution is -0.132. The molecule has 0 spiro atoms. The highest BCUT2D eigenvalue weighted by atomic mass is 32.2. The summed E-state index contributed by atoms with van der Waals surface area (Å²) in [7, 11) is 1.82. The maximum absolute atomic E-state index is 13.4. The zero-order valence-corrected chi connectivity index (χ0v) is 20.6. The Morgan fingerprint density at radius 1 is 1.15 bits per heavy atom. The Morgan fingerprint density at radius 3 is 2.76 bits per heavy atom. The topological polar surface area (TPSA) is 104 Å². The summed E-state index contributed by atoms with van der Waals surface area (Å²) in [6.07, 6.45) is 6.01. The molecule has 0 aromatic heterocycles. The summed E-state index contributed by atoms with van der Waals surface area (Å²) in [6.45, 7) is 5.25. The molecule has 186 valence electrons. The Morgan fingerprint density at radius 2 is 2.00 bits per heavy atom. The van der Waals surface area contributed by atoms with Gasteiger partial charge in [0.15, 0.2) is 0 Å². The van der Waals surface area contributed by atoms with Crippen molar-refractivity contribution in [2.75, 3.05) is 40.1 Å². The van der Waals surface area contributed by atoms with E-state index >= 15 is 0 Å². The van der Waals surface area contributed by atoms with Crippen LogP contribution in [0.4, 0.5) is 0 Å². The first-order chi connectivity index (χ1) is 16.0. The number of hydrogen-bond acceptors (Lipinski definition) is 8. The monoisotopic (exact) mass is 481 g/mol. The van der Waals surface area contributed by atoms with Crippen LogP contribution in [0.5, 0.6) is 0 Å². The van der Waals surface area contributed by atoms with Gasteiger partial charge in [0.05, 0.1) is 25.4 Å². The second-order valence-corrected chi connectivity index (χ2v) is 11.7. The number of nitrogens with one attached hydrogen (secondary N) is 4. The van der Waals surface area contributed by atoms with Crippen LogP contribution in [0.2, 0.25) is 0 Å². The van der Waals surface area contributed by atoms with E-state index < -0.39 is 0 Å². The zero-order chi connectivity index (χ0) is 22.9. The molecule has 9 nitrogen and oxygen atoms in total. The normalized spacial score (nSPS) is 43.5. The Balaban J connectivity index is 1.16. The van der Waals surface area contributed by atoms with E-state index in [0.717, 1.165) is 25.8 Å². The highest BCUT2D eigenvalue weighted by Gasteiger charge is 2.46. The van der Waals surface area contributed by atoms with Crippen molar-refractivity contribution in [1.29, 1.82) is 0 Å². The largest absolute Gasteiger partial charge is 0.381 e. The number of methoxy groups -OCH3 is 1. The highest BCUT2D eigenvalue weighted by molar-refractivity contribution is 8.00. The molecular formula is C23H39N5O4S. The molecule has 2 amide bonds. The van der Waals surface area contributed by atoms with E-state index in [9.17, 15) is 9.59 Å². The fourth-order valence-electron chi connectivity index (χ4n) is 6.55. The van der Waals surface area contributed by atoms with Crippen molar-refractivity contribution in [3.63, 3.8) is 0 Å². The quantitative estimate of drug-likeness (QED) is 0.437. The average molecular weight is 482 g/mol. The summed E-state index contributed by atoms with van der Waals surface area (Å²) in [5.41, 5.74) is -0.0951. The van der Waals surface area contributed by atoms with Gasteiger partial charge in [-0.05, 0) is 38.0 Å². The molecular weight excluding hydrogens is 442 g/mol. The van der Waals surface area contributed by atoms with Crippen molar-refractivity contribution in [3.05, 3.63) is 0 Å². The third-order valence-corrected chi connectivity index (χ3v) is 9.67. The molecule has 0 bridgehead atoms. The molecule has 1 saturated carbocycles. The number of ether oxygens (including phenoxy) is 2. The Hall–Kier alpha value is -0.910. The third-order valence-electron chi connectivity index (χ3n) is 8.31. The molecule has 4 saturated heterocycles. The van der Waals surface area contributed by atoms with Gasteiger partial charge in [0.25, 0.3) is 0 Å². The molecule has 9 atom stereocenters. The number of thioether (sulfide) groups is 1. The van der Waals surface area contributed by atoms with E-state index in [-0.39, 0.29) is 41.4 Å². The third kappa shape index (κ3) is 5.06. The Bertz CT molecular complexity index is 709. The molecule has 5 fully saturated rings. The van der Waals surface area contributed by atoms with Crippen LogP contribution in [0, 0.1) is 17.8 Å². The zero-order valence-electron chi connectivity index (χ0n) is 19.8. The molecule has 1 aliphatic carbocycles. The van der Waals surface area contributed by atoms with Gasteiger partial charge in [0, 0.05) is 44.1 Å². The van der Waals surface area contributed by atoms with Gasteiger partial charge in [0.2, 0.25) is 11.8 Å². The molecule has 4 aliphatic heterocycles. The lowest BCUT2D eigenvalue weighted by Gasteiger charge is -2.44. The molecule has 5 rings (SSSR count). The van der Waals surface area contributed by atoms with Crippen LogP contribution in [0.3, 0.4) is 0 Å². The maximum Gasteiger partial charge on any atom is 0.242 e. The summed E-state index contributed by atoms with van der Waals surface area (Å²) in [6, 6.07) is 0.418. The lowest BCUT2D eigenvalue weighted by Crippen LogP contribution is -2.55. The van der Waals surface area contributed by atoms with Crippen LogP contribution in [-0.4, -0.2) is 91.8 Å². The molecule has 0 radical (unpaired) electrons. The summed E-state index contributed by atoms with van der Waals surface area (Å²) < 4.78 is 11.1. The molecule has 4 N–H and O–H groups in total. The van der Waals surface area contributed by atoms with Gasteiger partial charge in [0.1, 0.15) is 11.5 Å². The number of likely N-dealkylation sites (tertiary alicyclic amines) is 1. The van der Waals surface area contributed by atoms with Crippen LogP contribution in [0.15, 0.2) is 0 Å². The number of hydrogen-bond donors (Lipinski definition) is 4. The van der Waals surface area contributed by atoms with E-state index in [4.69, 9.17) is 9.47 Å². The van der Waals surface area contributed by atoms with Crippen molar-refractivity contribution >= 4 is 23.6 Å². The van der Waals surface area contributed by atoms with Crippen molar-refractivity contribution in [1.82, 2.24) is 26.2 Å². The fraction of sp³-hybridized carbons (Fsp3) is 0.913. The van der Waals surface area contributed by atoms with Crippen LogP contribution >= 0.6 is 11.8 Å². The van der Waals surface area contributed by atoms with Crippen LogP contribution in [-0.2, 0) is 19.1 Å². The predicted molar refractivity (Wildman–Crippen MR) is 126 cm³/mol. The molecule has 33 heavy (non-hydrogen) atoms. The summed E-state index contributed by atoms with van der Waals surface area (Å²) in [5.74, 6) is 1.05. The minimum absolute atomic E-state index is 0.0312. The standard InChI is InChI=1S/C23H39N5O4S/c1-13-7-15(14-5-3-4-6-19(14)31-2)16(8-24-13)21(29)27-23-26-17-9-28(10-20(17)33-23)22(30)18-11-32-12-25-18/h13-20,23-26H,3-12H2,1-2H3,(H,27,29). The summed E-state index contributed by atoms with van der Waals surface area (Å²) >= 11 is 1.75. The van der Waals surface area contributed by atoms with E-state index in [1.807, 2.05) is 12.0 Å². The number of carbonyl (C=O) groups is 2. The van der Waals surface area contributed by atoms with Gasteiger partial charge in [-0.25, -0.2) is 0 Å². The van der Waals surface area contributed by atoms with Crippen molar-refractivity contribution in [2.45, 2.75) is 74.0 Å². The number of nitrogens with zero attached hydrogens (tertiary/aromatic N) is 1. The number of fused-ring (bicyclic) bond motifs is 1. The summed E-state index contributed by atoms with van der Waals surface area (Å²) in [5, 5.41) is 13.8. The smallest absolute Gasteiger partial charge is 0.242 e. The first-order valence-corrected chi connectivity index (χ1v) is 13.6. The number of amides is 2. The van der Waals surface area contributed by atoms with Crippen molar-refractivity contribution in [2.24, 2.45) is 17.8 Å². The molecule has 0 aromatic carbocycles. The van der Waals surface area contributed by atoms with Gasteiger partial charge < -0.3 is 25.0 Å². The molecule has 5 aliphatic rings. The summed E-state index contributed by atoms with van der Waals surface area (Å²) in [4.78, 5) is 28.0. The fourth-order valence-corrected chi connectivity index (χ4v) is 7.96. The predicted octanol–water partition coefficient (Wildman–Crippen LogP) is 0.0673. The molecule has 10 heteroatoms. The minimum atomic E-state index is -0.224. The first kappa shape index (κ1) is 23.8. The van der Waals surface area contributed by atoms with Crippen LogP contribution in [0.25, 0.3) is 0 Å². The second kappa shape index (κ2) is 10.4. The van der Waals surface area contributed by atoms with Gasteiger partial charge in [-0.3, -0.25) is 20.2 Å². The molecule has 4 heterocycles. The highest BCUT2D eigenvalue weighted by Crippen LogP contribution is 2.40. The number of rotatable bonds is 5. The van der Waals surface area contributed by atoms with Gasteiger partial charge >= 0.3 is 0 Å². The van der Waals surface area contributed by atoms with Crippen LogP contribution in [0.1, 0.15) is 39.0 Å². The molecule has 0 aromatic rings. The average Bonchev–Trinajstić information content (AvgIpc) is 3.55. The number of piperidine rings is 1.